The van der Waals surface area contributed by atoms with Gasteiger partial charge in [0.25, 0.3) is 0 Å². The molecule has 1 saturated heterocycles. The Morgan fingerprint density at radius 1 is 0.852 bits per heavy atom. The third-order valence-corrected chi connectivity index (χ3v) is 7.45. The second-order valence-electron chi connectivity index (χ2n) is 9.99. The number of hydrogen-bond donors (Lipinski definition) is 1. The Kier molecular flexibility index (Phi) is 11.3. The summed E-state index contributed by atoms with van der Waals surface area (Å²) >= 11 is 0. The number of hydrogen-bond acceptors (Lipinski definition) is 2. The Bertz CT molecular complexity index is 343. The molecule has 160 valence electrons. The molecule has 1 N–H and O–H groups in total. The lowest BCUT2D eigenvalue weighted by molar-refractivity contribution is -0.0164. The van der Waals surface area contributed by atoms with E-state index in [-0.39, 0.29) is 0 Å². The third-order valence-electron chi connectivity index (χ3n) is 7.45. The second-order valence-corrected chi connectivity index (χ2v) is 9.99. The summed E-state index contributed by atoms with van der Waals surface area (Å²) in [5, 5.41) is 3.73. The molecule has 1 aliphatic carbocycles. The van der Waals surface area contributed by atoms with Crippen LogP contribution in [-0.4, -0.2) is 37.6 Å². The molecule has 0 bridgehead atoms. The van der Waals surface area contributed by atoms with Gasteiger partial charge in [0, 0.05) is 6.54 Å². The summed E-state index contributed by atoms with van der Waals surface area (Å²) in [5.74, 6) is 1.94. The standard InChI is InChI=1S/C25H50N2/c1-4-7-10-11-16-26-21-24-19-25(20-24)14-17-27(18-15-25)22-23(12-8-5-2)13-9-6-3/h23-24,26H,4-22H2,1-3H3. The van der Waals surface area contributed by atoms with Crippen molar-refractivity contribution < 1.29 is 0 Å². The van der Waals surface area contributed by atoms with Crippen molar-refractivity contribution >= 4 is 0 Å². The first-order valence-electron chi connectivity index (χ1n) is 12.6. The van der Waals surface area contributed by atoms with E-state index in [1.807, 2.05) is 0 Å². The molecule has 27 heavy (non-hydrogen) atoms. The van der Waals surface area contributed by atoms with Crippen LogP contribution >= 0.6 is 0 Å². The van der Waals surface area contributed by atoms with Crippen LogP contribution in [0.3, 0.4) is 0 Å². The van der Waals surface area contributed by atoms with Crippen molar-refractivity contribution in [3.05, 3.63) is 0 Å². The van der Waals surface area contributed by atoms with E-state index in [0.29, 0.717) is 0 Å². The Morgan fingerprint density at radius 3 is 2.07 bits per heavy atom. The van der Waals surface area contributed by atoms with Gasteiger partial charge in [0.1, 0.15) is 0 Å². The summed E-state index contributed by atoms with van der Waals surface area (Å²) in [6.07, 6.45) is 20.0. The minimum absolute atomic E-state index is 0.743. The molecule has 0 radical (unpaired) electrons. The van der Waals surface area contributed by atoms with Crippen LogP contribution in [0, 0.1) is 17.3 Å². The summed E-state index contributed by atoms with van der Waals surface area (Å²) < 4.78 is 0. The molecule has 0 atom stereocenters. The van der Waals surface area contributed by atoms with E-state index in [1.54, 1.807) is 0 Å². The first-order chi connectivity index (χ1) is 13.2. The average molecular weight is 379 g/mol. The number of piperidine rings is 1. The molecule has 2 rings (SSSR count). The highest BCUT2D eigenvalue weighted by atomic mass is 15.1. The van der Waals surface area contributed by atoms with E-state index in [2.05, 4.69) is 31.0 Å². The van der Waals surface area contributed by atoms with Crippen LogP contribution in [0.1, 0.15) is 111 Å². The first kappa shape index (κ1) is 23.2. The molecule has 2 fully saturated rings. The minimum atomic E-state index is 0.743. The molecule has 1 heterocycles. The van der Waals surface area contributed by atoms with Crippen molar-refractivity contribution in [2.45, 2.75) is 111 Å². The number of unbranched alkanes of at least 4 members (excludes halogenated alkanes) is 5. The average Bonchev–Trinajstić information content (AvgIpc) is 2.66. The zero-order chi connectivity index (χ0) is 19.4. The third kappa shape index (κ3) is 8.44. The van der Waals surface area contributed by atoms with E-state index in [4.69, 9.17) is 0 Å². The summed E-state index contributed by atoms with van der Waals surface area (Å²) in [6.45, 7) is 13.7. The quantitative estimate of drug-likeness (QED) is 0.321. The number of nitrogens with one attached hydrogen (secondary N) is 1. The van der Waals surface area contributed by atoms with Crippen molar-refractivity contribution in [2.75, 3.05) is 32.7 Å². The molecular weight excluding hydrogens is 328 g/mol. The molecule has 1 spiro atoms. The van der Waals surface area contributed by atoms with Gasteiger partial charge >= 0.3 is 0 Å². The Hall–Kier alpha value is -0.0800. The maximum atomic E-state index is 3.73. The fourth-order valence-electron chi connectivity index (χ4n) is 5.59. The van der Waals surface area contributed by atoms with E-state index in [1.165, 1.54) is 123 Å². The number of rotatable bonds is 15. The van der Waals surface area contributed by atoms with Crippen LogP contribution in [0.25, 0.3) is 0 Å². The zero-order valence-electron chi connectivity index (χ0n) is 19.0. The van der Waals surface area contributed by atoms with Crippen LogP contribution in [0.15, 0.2) is 0 Å². The zero-order valence-corrected chi connectivity index (χ0v) is 19.0. The molecule has 0 aromatic rings. The minimum Gasteiger partial charge on any atom is -0.316 e. The van der Waals surface area contributed by atoms with E-state index in [9.17, 15) is 0 Å². The Morgan fingerprint density at radius 2 is 1.48 bits per heavy atom. The highest BCUT2D eigenvalue weighted by molar-refractivity contribution is 4.97. The molecular formula is C25H50N2. The molecule has 1 aliphatic heterocycles. The van der Waals surface area contributed by atoms with Gasteiger partial charge in [0.15, 0.2) is 0 Å². The number of likely N-dealkylation sites (tertiary alicyclic amines) is 1. The fourth-order valence-corrected chi connectivity index (χ4v) is 5.59. The van der Waals surface area contributed by atoms with Gasteiger partial charge in [-0.1, -0.05) is 65.7 Å². The fraction of sp³-hybridized carbons (Fsp3) is 1.00. The van der Waals surface area contributed by atoms with Crippen molar-refractivity contribution in [3.63, 3.8) is 0 Å². The van der Waals surface area contributed by atoms with Gasteiger partial charge in [0.2, 0.25) is 0 Å². The van der Waals surface area contributed by atoms with Crippen molar-refractivity contribution in [1.82, 2.24) is 10.2 Å². The Labute approximate surface area is 171 Å². The molecule has 2 heteroatoms. The number of nitrogens with zero attached hydrogens (tertiary/aromatic N) is 1. The summed E-state index contributed by atoms with van der Waals surface area (Å²) in [5.41, 5.74) is 0.743. The smallest absolute Gasteiger partial charge is 0.000966 e. The van der Waals surface area contributed by atoms with Gasteiger partial charge in [-0.25, -0.2) is 0 Å². The molecule has 1 saturated carbocycles. The predicted molar refractivity (Wildman–Crippen MR) is 120 cm³/mol. The van der Waals surface area contributed by atoms with Gasteiger partial charge in [-0.3, -0.25) is 0 Å². The molecule has 0 unspecified atom stereocenters. The lowest BCUT2D eigenvalue weighted by Gasteiger charge is -2.53. The SMILES string of the molecule is CCCCCCNCC1CC2(CCN(CC(CCCC)CCCC)CC2)C1. The predicted octanol–water partition coefficient (Wildman–Crippen LogP) is 6.65. The van der Waals surface area contributed by atoms with Crippen LogP contribution in [0.4, 0.5) is 0 Å². The topological polar surface area (TPSA) is 15.3 Å². The molecule has 2 aliphatic rings. The highest BCUT2D eigenvalue weighted by Gasteiger charge is 2.45. The maximum absolute atomic E-state index is 3.73. The van der Waals surface area contributed by atoms with E-state index >= 15 is 0 Å². The maximum Gasteiger partial charge on any atom is 0.000966 e. The van der Waals surface area contributed by atoms with Gasteiger partial charge in [0.05, 0.1) is 0 Å². The second kappa shape index (κ2) is 13.2. The van der Waals surface area contributed by atoms with Crippen molar-refractivity contribution in [3.8, 4) is 0 Å². The van der Waals surface area contributed by atoms with Gasteiger partial charge in [-0.15, -0.1) is 0 Å². The van der Waals surface area contributed by atoms with Gasteiger partial charge in [-0.05, 0) is 88.4 Å². The Balaban J connectivity index is 1.57. The van der Waals surface area contributed by atoms with Gasteiger partial charge < -0.3 is 10.2 Å². The largest absolute Gasteiger partial charge is 0.316 e. The lowest BCUT2D eigenvalue weighted by atomic mass is 9.57. The van der Waals surface area contributed by atoms with Crippen LogP contribution in [0.5, 0.6) is 0 Å². The van der Waals surface area contributed by atoms with Crippen LogP contribution in [-0.2, 0) is 0 Å². The molecule has 2 nitrogen and oxygen atoms in total. The van der Waals surface area contributed by atoms with Crippen LogP contribution in [0.2, 0.25) is 0 Å². The normalized spacial score (nSPS) is 20.4. The van der Waals surface area contributed by atoms with E-state index in [0.717, 1.165) is 17.3 Å². The van der Waals surface area contributed by atoms with Crippen molar-refractivity contribution in [2.24, 2.45) is 17.3 Å². The van der Waals surface area contributed by atoms with Crippen LogP contribution < -0.4 is 5.32 Å². The van der Waals surface area contributed by atoms with Crippen molar-refractivity contribution in [1.29, 1.82) is 0 Å². The summed E-state index contributed by atoms with van der Waals surface area (Å²) in [7, 11) is 0. The summed E-state index contributed by atoms with van der Waals surface area (Å²) in [6, 6.07) is 0. The first-order valence-corrected chi connectivity index (χ1v) is 12.6. The monoisotopic (exact) mass is 378 g/mol. The van der Waals surface area contributed by atoms with Gasteiger partial charge in [-0.2, -0.15) is 0 Å². The lowest BCUT2D eigenvalue weighted by Crippen LogP contribution is -2.50. The molecule has 0 aromatic carbocycles. The highest BCUT2D eigenvalue weighted by Crippen LogP contribution is 2.52. The molecule has 0 aromatic heterocycles. The van der Waals surface area contributed by atoms with E-state index < -0.39 is 0 Å². The summed E-state index contributed by atoms with van der Waals surface area (Å²) in [4.78, 5) is 2.82. The molecule has 0 amide bonds.